The second kappa shape index (κ2) is 11.3. The Morgan fingerprint density at radius 2 is 1.72 bits per heavy atom. The summed E-state index contributed by atoms with van der Waals surface area (Å²) in [6.07, 6.45) is 7.16. The predicted octanol–water partition coefficient (Wildman–Crippen LogP) is 4.20. The zero-order chi connectivity index (χ0) is 20.3. The number of nitrogens with zero attached hydrogens (tertiary/aromatic N) is 1. The Labute approximate surface area is 174 Å². The normalized spacial score (nSPS) is 14.2. The van der Waals surface area contributed by atoms with Gasteiger partial charge in [-0.05, 0) is 55.5 Å². The van der Waals surface area contributed by atoms with Crippen LogP contribution in [0.15, 0.2) is 48.5 Å². The molecular formula is C24H32N2O3. The average molecular weight is 397 g/mol. The molecule has 2 aromatic carbocycles. The summed E-state index contributed by atoms with van der Waals surface area (Å²) in [4.78, 5) is 14.5. The number of hydrogen-bond acceptors (Lipinski definition) is 4. The predicted molar refractivity (Wildman–Crippen MR) is 117 cm³/mol. The third-order valence-electron chi connectivity index (χ3n) is 5.28. The van der Waals surface area contributed by atoms with Crippen molar-refractivity contribution in [3.05, 3.63) is 54.1 Å². The zero-order valence-corrected chi connectivity index (χ0v) is 17.4. The Kier molecular flexibility index (Phi) is 8.23. The molecule has 29 heavy (non-hydrogen) atoms. The second-order valence-electron chi connectivity index (χ2n) is 7.49. The zero-order valence-electron chi connectivity index (χ0n) is 17.4. The van der Waals surface area contributed by atoms with E-state index in [0.717, 1.165) is 12.8 Å². The van der Waals surface area contributed by atoms with Gasteiger partial charge >= 0.3 is 0 Å². The largest absolute Gasteiger partial charge is 0.497 e. The fourth-order valence-corrected chi connectivity index (χ4v) is 3.61. The molecule has 0 spiro atoms. The molecule has 1 saturated heterocycles. The Morgan fingerprint density at radius 3 is 2.45 bits per heavy atom. The second-order valence-corrected chi connectivity index (χ2v) is 7.49. The van der Waals surface area contributed by atoms with Gasteiger partial charge in [-0.25, -0.2) is 0 Å². The lowest BCUT2D eigenvalue weighted by molar-refractivity contribution is -0.123. The van der Waals surface area contributed by atoms with Crippen molar-refractivity contribution in [1.82, 2.24) is 5.32 Å². The molecule has 3 rings (SSSR count). The highest BCUT2D eigenvalue weighted by Crippen LogP contribution is 2.20. The first kappa shape index (κ1) is 21.0. The molecule has 0 bridgehead atoms. The van der Waals surface area contributed by atoms with Crippen LogP contribution in [0.5, 0.6) is 11.5 Å². The van der Waals surface area contributed by atoms with Crippen molar-refractivity contribution >= 4 is 11.6 Å². The number of aryl methyl sites for hydroxylation is 1. The molecule has 0 aromatic heterocycles. The van der Waals surface area contributed by atoms with E-state index in [-0.39, 0.29) is 12.5 Å². The van der Waals surface area contributed by atoms with Crippen LogP contribution in [0.3, 0.4) is 0 Å². The Hall–Kier alpha value is -2.69. The monoisotopic (exact) mass is 396 g/mol. The van der Waals surface area contributed by atoms with Crippen molar-refractivity contribution in [2.75, 3.05) is 38.3 Å². The summed E-state index contributed by atoms with van der Waals surface area (Å²) in [7, 11) is 1.61. The van der Waals surface area contributed by atoms with Crippen molar-refractivity contribution in [3.8, 4) is 11.5 Å². The Bertz CT molecular complexity index is 753. The number of ether oxygens (including phenoxy) is 2. The van der Waals surface area contributed by atoms with E-state index in [1.165, 1.54) is 50.0 Å². The summed E-state index contributed by atoms with van der Waals surface area (Å²) < 4.78 is 10.7. The van der Waals surface area contributed by atoms with E-state index in [1.807, 2.05) is 18.2 Å². The van der Waals surface area contributed by atoms with Gasteiger partial charge in [0, 0.05) is 31.4 Å². The molecule has 1 aliphatic rings. The van der Waals surface area contributed by atoms with Crippen LogP contribution in [-0.4, -0.2) is 39.3 Å². The quantitative estimate of drug-likeness (QED) is 0.646. The number of carbonyl (C=O) groups excluding carboxylic acids is 1. The van der Waals surface area contributed by atoms with Gasteiger partial charge in [-0.15, -0.1) is 0 Å². The van der Waals surface area contributed by atoms with Crippen LogP contribution in [0.25, 0.3) is 0 Å². The number of nitrogens with one attached hydrogen (secondary N) is 1. The van der Waals surface area contributed by atoms with Crippen molar-refractivity contribution in [2.45, 2.75) is 38.5 Å². The SMILES string of the molecule is COc1cccc(OCC(=O)NCCCc2ccc(N3CCCCCC3)cc2)c1. The van der Waals surface area contributed by atoms with E-state index in [4.69, 9.17) is 9.47 Å². The average Bonchev–Trinajstić information content (AvgIpc) is 3.05. The molecule has 1 heterocycles. The van der Waals surface area contributed by atoms with E-state index in [2.05, 4.69) is 34.5 Å². The number of amides is 1. The van der Waals surface area contributed by atoms with Gasteiger partial charge in [-0.3, -0.25) is 4.79 Å². The van der Waals surface area contributed by atoms with E-state index >= 15 is 0 Å². The van der Waals surface area contributed by atoms with Gasteiger partial charge in [-0.2, -0.15) is 0 Å². The van der Waals surface area contributed by atoms with Gasteiger partial charge < -0.3 is 19.7 Å². The minimum atomic E-state index is -0.107. The molecule has 5 nitrogen and oxygen atoms in total. The molecule has 1 amide bonds. The standard InChI is InChI=1S/C24H32N2O3/c1-28-22-9-6-10-23(18-22)29-19-24(27)25-15-7-8-20-11-13-21(14-12-20)26-16-4-2-3-5-17-26/h6,9-14,18H,2-5,7-8,15-17,19H2,1H3,(H,25,27). The van der Waals surface area contributed by atoms with E-state index < -0.39 is 0 Å². The van der Waals surface area contributed by atoms with Gasteiger partial charge in [-0.1, -0.05) is 31.0 Å². The highest BCUT2D eigenvalue weighted by molar-refractivity contribution is 5.77. The first-order chi connectivity index (χ1) is 14.2. The van der Waals surface area contributed by atoms with Crippen LogP contribution in [0.2, 0.25) is 0 Å². The van der Waals surface area contributed by atoms with E-state index in [0.29, 0.717) is 18.0 Å². The third kappa shape index (κ3) is 7.00. The fourth-order valence-electron chi connectivity index (χ4n) is 3.61. The van der Waals surface area contributed by atoms with E-state index in [1.54, 1.807) is 13.2 Å². The molecule has 0 unspecified atom stereocenters. The number of carbonyl (C=O) groups is 1. The lowest BCUT2D eigenvalue weighted by atomic mass is 10.1. The topological polar surface area (TPSA) is 50.8 Å². The maximum Gasteiger partial charge on any atom is 0.257 e. The summed E-state index contributed by atoms with van der Waals surface area (Å²) in [5.41, 5.74) is 2.64. The van der Waals surface area contributed by atoms with Crippen molar-refractivity contribution in [1.29, 1.82) is 0 Å². The van der Waals surface area contributed by atoms with Crippen LogP contribution >= 0.6 is 0 Å². The number of rotatable bonds is 9. The van der Waals surface area contributed by atoms with Crippen molar-refractivity contribution < 1.29 is 14.3 Å². The number of benzene rings is 2. The van der Waals surface area contributed by atoms with Crippen LogP contribution < -0.4 is 19.7 Å². The molecule has 0 radical (unpaired) electrons. The molecule has 0 saturated carbocycles. The van der Waals surface area contributed by atoms with Crippen LogP contribution in [0.4, 0.5) is 5.69 Å². The molecule has 0 aliphatic carbocycles. The molecule has 1 aliphatic heterocycles. The van der Waals surface area contributed by atoms with Gasteiger partial charge in [0.05, 0.1) is 7.11 Å². The fraction of sp³-hybridized carbons (Fsp3) is 0.458. The smallest absolute Gasteiger partial charge is 0.257 e. The molecule has 5 heteroatoms. The summed E-state index contributed by atoms with van der Waals surface area (Å²) in [6.45, 7) is 3.00. The van der Waals surface area contributed by atoms with Crippen LogP contribution in [0, 0.1) is 0 Å². The lowest BCUT2D eigenvalue weighted by Gasteiger charge is -2.22. The lowest BCUT2D eigenvalue weighted by Crippen LogP contribution is -2.29. The maximum absolute atomic E-state index is 12.0. The molecule has 2 aromatic rings. The molecule has 1 fully saturated rings. The highest BCUT2D eigenvalue weighted by atomic mass is 16.5. The molecule has 0 atom stereocenters. The summed E-state index contributed by atoms with van der Waals surface area (Å²) in [5, 5.41) is 2.92. The van der Waals surface area contributed by atoms with Gasteiger partial charge in [0.2, 0.25) is 0 Å². The van der Waals surface area contributed by atoms with Crippen LogP contribution in [0.1, 0.15) is 37.7 Å². The highest BCUT2D eigenvalue weighted by Gasteiger charge is 2.09. The molecular weight excluding hydrogens is 364 g/mol. The van der Waals surface area contributed by atoms with Crippen LogP contribution in [-0.2, 0) is 11.2 Å². The summed E-state index contributed by atoms with van der Waals surface area (Å²) >= 11 is 0. The maximum atomic E-state index is 12.0. The summed E-state index contributed by atoms with van der Waals surface area (Å²) in [5.74, 6) is 1.23. The first-order valence-corrected chi connectivity index (χ1v) is 10.6. The number of hydrogen-bond donors (Lipinski definition) is 1. The van der Waals surface area contributed by atoms with Crippen molar-refractivity contribution in [3.63, 3.8) is 0 Å². The number of anilines is 1. The minimum absolute atomic E-state index is 0.0116. The number of methoxy groups -OCH3 is 1. The molecule has 1 N–H and O–H groups in total. The Morgan fingerprint density at radius 1 is 1.00 bits per heavy atom. The van der Waals surface area contributed by atoms with E-state index in [9.17, 15) is 4.79 Å². The van der Waals surface area contributed by atoms with Gasteiger partial charge in [0.1, 0.15) is 11.5 Å². The van der Waals surface area contributed by atoms with Gasteiger partial charge in [0.25, 0.3) is 5.91 Å². The summed E-state index contributed by atoms with van der Waals surface area (Å²) in [6, 6.07) is 16.2. The molecule has 156 valence electrons. The Balaban J connectivity index is 1.33. The van der Waals surface area contributed by atoms with Gasteiger partial charge in [0.15, 0.2) is 6.61 Å². The minimum Gasteiger partial charge on any atom is -0.497 e. The third-order valence-corrected chi connectivity index (χ3v) is 5.28. The van der Waals surface area contributed by atoms with Crippen molar-refractivity contribution in [2.24, 2.45) is 0 Å². The first-order valence-electron chi connectivity index (χ1n) is 10.6.